The number of aromatic nitrogens is 2. The highest BCUT2D eigenvalue weighted by Crippen LogP contribution is 2.04. The highest BCUT2D eigenvalue weighted by atomic mass is 16.4. The molecule has 0 saturated carbocycles. The number of carbonyl (C=O) groups is 2. The van der Waals surface area contributed by atoms with Crippen LogP contribution in [0.4, 0.5) is 4.79 Å². The summed E-state index contributed by atoms with van der Waals surface area (Å²) < 4.78 is 0. The van der Waals surface area contributed by atoms with Gasteiger partial charge in [0, 0.05) is 25.4 Å². The zero-order valence-electron chi connectivity index (χ0n) is 11.8. The number of rotatable bonds is 8. The van der Waals surface area contributed by atoms with Gasteiger partial charge in [0.1, 0.15) is 11.9 Å². The van der Waals surface area contributed by atoms with E-state index in [9.17, 15) is 9.59 Å². The zero-order valence-corrected chi connectivity index (χ0v) is 11.8. The van der Waals surface area contributed by atoms with Gasteiger partial charge in [-0.1, -0.05) is 13.8 Å². The Bertz CT molecular complexity index is 417. The molecule has 0 bridgehead atoms. The Kier molecular flexibility index (Phi) is 6.55. The Hall–Kier alpha value is -2.05. The summed E-state index contributed by atoms with van der Waals surface area (Å²) in [5, 5.41) is 14.1. The number of nitrogens with zero attached hydrogens (tertiary/aromatic N) is 1. The van der Waals surface area contributed by atoms with Gasteiger partial charge in [0.05, 0.1) is 0 Å². The van der Waals surface area contributed by atoms with Crippen LogP contribution in [-0.4, -0.2) is 39.7 Å². The van der Waals surface area contributed by atoms with Gasteiger partial charge in [0.25, 0.3) is 0 Å². The van der Waals surface area contributed by atoms with Crippen LogP contribution in [0.25, 0.3) is 0 Å². The highest BCUT2D eigenvalue weighted by Gasteiger charge is 2.20. The summed E-state index contributed by atoms with van der Waals surface area (Å²) >= 11 is 0. The van der Waals surface area contributed by atoms with Gasteiger partial charge in [0.15, 0.2) is 0 Å². The Morgan fingerprint density at radius 3 is 2.75 bits per heavy atom. The molecule has 1 rings (SSSR count). The molecule has 7 heteroatoms. The van der Waals surface area contributed by atoms with Crippen LogP contribution in [0.2, 0.25) is 0 Å². The van der Waals surface area contributed by atoms with E-state index in [1.54, 1.807) is 12.4 Å². The molecule has 20 heavy (non-hydrogen) atoms. The van der Waals surface area contributed by atoms with Gasteiger partial charge in [-0.2, -0.15) is 0 Å². The Labute approximate surface area is 118 Å². The number of carbonyl (C=O) groups excluding carboxylic acids is 1. The van der Waals surface area contributed by atoms with Crippen LogP contribution < -0.4 is 10.6 Å². The van der Waals surface area contributed by atoms with Crippen molar-refractivity contribution < 1.29 is 14.7 Å². The molecule has 1 aromatic heterocycles. The molecule has 1 aromatic rings. The molecule has 0 radical (unpaired) electrons. The first-order chi connectivity index (χ1) is 9.49. The monoisotopic (exact) mass is 282 g/mol. The van der Waals surface area contributed by atoms with E-state index in [0.29, 0.717) is 13.0 Å². The maximum Gasteiger partial charge on any atom is 0.326 e. The van der Waals surface area contributed by atoms with Crippen LogP contribution in [-0.2, 0) is 11.2 Å². The van der Waals surface area contributed by atoms with Crippen molar-refractivity contribution in [3.8, 4) is 0 Å². The van der Waals surface area contributed by atoms with Gasteiger partial charge in [-0.15, -0.1) is 0 Å². The normalized spacial score (nSPS) is 12.2. The van der Waals surface area contributed by atoms with Crippen molar-refractivity contribution in [2.75, 3.05) is 6.54 Å². The molecule has 0 unspecified atom stereocenters. The third kappa shape index (κ3) is 6.21. The number of hydrogen-bond donors (Lipinski definition) is 4. The number of imidazole rings is 1. The van der Waals surface area contributed by atoms with E-state index in [0.717, 1.165) is 18.7 Å². The fourth-order valence-corrected chi connectivity index (χ4v) is 1.79. The first-order valence-electron chi connectivity index (χ1n) is 6.74. The third-order valence-electron chi connectivity index (χ3n) is 2.74. The molecule has 1 atom stereocenters. The van der Waals surface area contributed by atoms with Gasteiger partial charge in [-0.25, -0.2) is 14.6 Å². The van der Waals surface area contributed by atoms with Gasteiger partial charge in [0.2, 0.25) is 0 Å². The van der Waals surface area contributed by atoms with E-state index in [1.807, 2.05) is 13.8 Å². The fourth-order valence-electron chi connectivity index (χ4n) is 1.79. The first kappa shape index (κ1) is 16.0. The van der Waals surface area contributed by atoms with Crippen LogP contribution in [0.15, 0.2) is 12.4 Å². The summed E-state index contributed by atoms with van der Waals surface area (Å²) in [4.78, 5) is 29.6. The SMILES string of the molecule is CC(C)C[C@H](NC(=O)NCCCc1ncc[nH]1)C(=O)O. The van der Waals surface area contributed by atoms with Crippen molar-refractivity contribution in [2.24, 2.45) is 5.92 Å². The number of hydrogen-bond acceptors (Lipinski definition) is 3. The van der Waals surface area contributed by atoms with Crippen LogP contribution in [0.5, 0.6) is 0 Å². The Morgan fingerprint density at radius 1 is 1.45 bits per heavy atom. The van der Waals surface area contributed by atoms with Crippen molar-refractivity contribution in [3.63, 3.8) is 0 Å². The zero-order chi connectivity index (χ0) is 15.0. The number of amides is 2. The van der Waals surface area contributed by atoms with Crippen LogP contribution in [0.1, 0.15) is 32.5 Å². The average molecular weight is 282 g/mol. The summed E-state index contributed by atoms with van der Waals surface area (Å²) in [5.74, 6) is 0.0650. The number of carboxylic acids is 1. The highest BCUT2D eigenvalue weighted by molar-refractivity contribution is 5.82. The second kappa shape index (κ2) is 8.19. The largest absolute Gasteiger partial charge is 0.480 e. The minimum Gasteiger partial charge on any atom is -0.480 e. The lowest BCUT2D eigenvalue weighted by molar-refractivity contribution is -0.139. The molecule has 2 amide bonds. The Balaban J connectivity index is 2.22. The average Bonchev–Trinajstić information content (AvgIpc) is 2.86. The molecule has 0 aromatic carbocycles. The van der Waals surface area contributed by atoms with E-state index in [1.165, 1.54) is 0 Å². The van der Waals surface area contributed by atoms with Crippen LogP contribution in [0.3, 0.4) is 0 Å². The summed E-state index contributed by atoms with van der Waals surface area (Å²) in [6, 6.07) is -1.29. The van der Waals surface area contributed by atoms with Gasteiger partial charge < -0.3 is 20.7 Å². The van der Waals surface area contributed by atoms with Crippen molar-refractivity contribution in [3.05, 3.63) is 18.2 Å². The molecule has 0 saturated heterocycles. The predicted octanol–water partition coefficient (Wildman–Crippen LogP) is 1.14. The second-order valence-electron chi connectivity index (χ2n) is 5.06. The molecule has 1 heterocycles. The molecule has 0 aliphatic rings. The first-order valence-corrected chi connectivity index (χ1v) is 6.74. The van der Waals surface area contributed by atoms with Crippen molar-refractivity contribution in [1.82, 2.24) is 20.6 Å². The molecule has 112 valence electrons. The number of nitrogens with one attached hydrogen (secondary N) is 3. The molecule has 0 fully saturated rings. The second-order valence-corrected chi connectivity index (χ2v) is 5.06. The molecule has 0 aliphatic carbocycles. The number of carboxylic acid groups (broad SMARTS) is 1. The van der Waals surface area contributed by atoms with Gasteiger partial charge in [-0.05, 0) is 18.8 Å². The lowest BCUT2D eigenvalue weighted by Crippen LogP contribution is -2.46. The number of aliphatic carboxylic acids is 1. The van der Waals surface area contributed by atoms with Gasteiger partial charge >= 0.3 is 12.0 Å². The fraction of sp³-hybridized carbons (Fsp3) is 0.615. The topological polar surface area (TPSA) is 107 Å². The van der Waals surface area contributed by atoms with E-state index in [4.69, 9.17) is 5.11 Å². The molecule has 0 spiro atoms. The van der Waals surface area contributed by atoms with Gasteiger partial charge in [-0.3, -0.25) is 0 Å². The molecule has 4 N–H and O–H groups in total. The minimum absolute atomic E-state index is 0.204. The summed E-state index contributed by atoms with van der Waals surface area (Å²) in [6.45, 7) is 4.30. The quantitative estimate of drug-likeness (QED) is 0.536. The predicted molar refractivity (Wildman–Crippen MR) is 74.3 cm³/mol. The lowest BCUT2D eigenvalue weighted by atomic mass is 10.0. The molecule has 7 nitrogen and oxygen atoms in total. The van der Waals surface area contributed by atoms with Crippen LogP contribution in [0, 0.1) is 5.92 Å². The smallest absolute Gasteiger partial charge is 0.326 e. The molecule has 0 aliphatic heterocycles. The number of aryl methyl sites for hydroxylation is 1. The van der Waals surface area contributed by atoms with Crippen LogP contribution >= 0.6 is 0 Å². The maximum absolute atomic E-state index is 11.6. The minimum atomic E-state index is -1.01. The standard InChI is InChI=1S/C13H22N4O3/c1-9(2)8-10(12(18)19)17-13(20)16-5-3-4-11-14-6-7-15-11/h6-7,9-10H,3-5,8H2,1-2H3,(H,14,15)(H,18,19)(H2,16,17,20)/t10-/m0/s1. The Morgan fingerprint density at radius 2 is 2.20 bits per heavy atom. The van der Waals surface area contributed by atoms with Crippen molar-refractivity contribution in [2.45, 2.75) is 39.2 Å². The third-order valence-corrected chi connectivity index (χ3v) is 2.74. The molecular weight excluding hydrogens is 260 g/mol. The van der Waals surface area contributed by atoms with Crippen molar-refractivity contribution >= 4 is 12.0 Å². The van der Waals surface area contributed by atoms with E-state index < -0.39 is 18.0 Å². The van der Waals surface area contributed by atoms with E-state index in [2.05, 4.69) is 20.6 Å². The maximum atomic E-state index is 11.6. The number of H-pyrrole nitrogens is 1. The van der Waals surface area contributed by atoms with E-state index >= 15 is 0 Å². The lowest BCUT2D eigenvalue weighted by Gasteiger charge is -2.16. The summed E-state index contributed by atoms with van der Waals surface area (Å²) in [7, 11) is 0. The number of aromatic amines is 1. The molecular formula is C13H22N4O3. The summed E-state index contributed by atoms with van der Waals surface area (Å²) in [5.41, 5.74) is 0. The van der Waals surface area contributed by atoms with Crippen molar-refractivity contribution in [1.29, 1.82) is 0 Å². The number of urea groups is 1. The van der Waals surface area contributed by atoms with E-state index in [-0.39, 0.29) is 5.92 Å². The summed E-state index contributed by atoms with van der Waals surface area (Å²) in [6.07, 6.45) is 5.32.